The van der Waals surface area contributed by atoms with Gasteiger partial charge in [-0.25, -0.2) is 0 Å². The molecule has 0 aromatic carbocycles. The maximum Gasteiger partial charge on any atom is 0.136 e. The van der Waals surface area contributed by atoms with E-state index in [0.29, 0.717) is 17.6 Å². The first kappa shape index (κ1) is 10.7. The summed E-state index contributed by atoms with van der Waals surface area (Å²) < 4.78 is 0. The number of rotatable bonds is 1. The Hall–Kier alpha value is -0.330. The monoisotopic (exact) mass is 156 g/mol. The van der Waals surface area contributed by atoms with Gasteiger partial charge in [-0.3, -0.25) is 4.79 Å². The fourth-order valence-electron chi connectivity index (χ4n) is 1.55. The number of carbonyl (C=O) groups is 1. The molecule has 0 aromatic rings. The predicted molar refractivity (Wildman–Crippen MR) is 48.5 cm³/mol. The normalized spacial score (nSPS) is 23.4. The third-order valence-corrected chi connectivity index (χ3v) is 2.16. The molecule has 0 saturated heterocycles. The molecule has 1 aliphatic rings. The Kier molecular flexibility index (Phi) is 5.18. The molecule has 0 N–H and O–H groups in total. The van der Waals surface area contributed by atoms with Crippen LogP contribution in [0.5, 0.6) is 0 Å². The van der Waals surface area contributed by atoms with Gasteiger partial charge >= 0.3 is 0 Å². The average molecular weight is 156 g/mol. The minimum Gasteiger partial charge on any atom is -0.299 e. The molecule has 1 heteroatoms. The van der Waals surface area contributed by atoms with Crippen molar-refractivity contribution in [1.29, 1.82) is 0 Å². The molecule has 0 amide bonds. The number of hydrogen-bond acceptors (Lipinski definition) is 1. The van der Waals surface area contributed by atoms with E-state index in [1.165, 1.54) is 0 Å². The Morgan fingerprint density at radius 1 is 1.36 bits per heavy atom. The van der Waals surface area contributed by atoms with Crippen LogP contribution in [0.4, 0.5) is 0 Å². The highest BCUT2D eigenvalue weighted by Gasteiger charge is 2.26. The van der Waals surface area contributed by atoms with Crippen molar-refractivity contribution in [2.45, 2.75) is 47.0 Å². The first-order valence-corrected chi connectivity index (χ1v) is 4.74. The van der Waals surface area contributed by atoms with E-state index >= 15 is 0 Å². The lowest BCUT2D eigenvalue weighted by Crippen LogP contribution is -2.12. The Morgan fingerprint density at radius 2 is 1.91 bits per heavy atom. The van der Waals surface area contributed by atoms with Crippen molar-refractivity contribution in [3.8, 4) is 0 Å². The van der Waals surface area contributed by atoms with Gasteiger partial charge in [0.1, 0.15) is 5.78 Å². The second-order valence-corrected chi connectivity index (χ2v) is 3.21. The van der Waals surface area contributed by atoms with Crippen molar-refractivity contribution in [1.82, 2.24) is 0 Å². The van der Waals surface area contributed by atoms with Gasteiger partial charge in [0.25, 0.3) is 0 Å². The summed E-state index contributed by atoms with van der Waals surface area (Å²) in [6, 6.07) is 0. The zero-order valence-electron chi connectivity index (χ0n) is 8.18. The summed E-state index contributed by atoms with van der Waals surface area (Å²) in [6.07, 6.45) is 3.10. The van der Waals surface area contributed by atoms with E-state index in [2.05, 4.69) is 13.8 Å². The smallest absolute Gasteiger partial charge is 0.136 e. The molecule has 0 bridgehead atoms. The van der Waals surface area contributed by atoms with Gasteiger partial charge in [-0.2, -0.15) is 0 Å². The fourth-order valence-corrected chi connectivity index (χ4v) is 1.55. The van der Waals surface area contributed by atoms with E-state index < -0.39 is 0 Å². The Morgan fingerprint density at radius 3 is 2.09 bits per heavy atom. The summed E-state index contributed by atoms with van der Waals surface area (Å²) in [7, 11) is 0. The molecule has 0 aliphatic heterocycles. The van der Waals surface area contributed by atoms with E-state index in [4.69, 9.17) is 0 Å². The quantitative estimate of drug-likeness (QED) is 0.570. The average Bonchev–Trinajstić information content (AvgIpc) is 2.39. The predicted octanol–water partition coefficient (Wildman–Crippen LogP) is 3.04. The number of carbonyl (C=O) groups excluding carboxylic acids is 1. The van der Waals surface area contributed by atoms with Crippen molar-refractivity contribution in [3.63, 3.8) is 0 Å². The topological polar surface area (TPSA) is 17.1 Å². The molecular weight excluding hydrogens is 136 g/mol. The maximum atomic E-state index is 11.0. The molecular formula is C10H20O. The second-order valence-electron chi connectivity index (χ2n) is 3.21. The van der Waals surface area contributed by atoms with Gasteiger partial charge in [0.2, 0.25) is 0 Å². The number of ketones is 1. The first-order chi connectivity index (χ1) is 5.22. The third kappa shape index (κ3) is 3.04. The molecule has 1 fully saturated rings. The van der Waals surface area contributed by atoms with E-state index in [1.54, 1.807) is 0 Å². The molecule has 1 aliphatic carbocycles. The summed E-state index contributed by atoms with van der Waals surface area (Å²) in [5.41, 5.74) is 0. The van der Waals surface area contributed by atoms with Crippen LogP contribution in [0.1, 0.15) is 47.0 Å². The summed E-state index contributed by atoms with van der Waals surface area (Å²) in [5.74, 6) is 1.45. The summed E-state index contributed by atoms with van der Waals surface area (Å²) in [6.45, 7) is 8.27. The first-order valence-electron chi connectivity index (χ1n) is 4.74. The van der Waals surface area contributed by atoms with Crippen molar-refractivity contribution < 1.29 is 4.79 Å². The molecule has 1 saturated carbocycles. The lowest BCUT2D eigenvalue weighted by Gasteiger charge is -2.10. The fraction of sp³-hybridized carbons (Fsp3) is 0.900. The van der Waals surface area contributed by atoms with Crippen molar-refractivity contribution in [2.24, 2.45) is 11.8 Å². The van der Waals surface area contributed by atoms with Crippen LogP contribution in [-0.2, 0) is 4.79 Å². The summed E-state index contributed by atoms with van der Waals surface area (Å²) >= 11 is 0. The highest BCUT2D eigenvalue weighted by molar-refractivity contribution is 5.82. The second kappa shape index (κ2) is 5.34. The van der Waals surface area contributed by atoms with Crippen LogP contribution in [0.15, 0.2) is 0 Å². The number of Topliss-reactive ketones (excluding diaryl/α,β-unsaturated/α-hetero) is 1. The summed E-state index contributed by atoms with van der Waals surface area (Å²) in [4.78, 5) is 11.0. The van der Waals surface area contributed by atoms with Crippen LogP contribution in [-0.4, -0.2) is 5.78 Å². The minimum atomic E-state index is 0.394. The molecule has 0 radical (unpaired) electrons. The highest BCUT2D eigenvalue weighted by atomic mass is 16.1. The Bertz CT molecular complexity index is 116. The molecule has 0 heterocycles. The van der Waals surface area contributed by atoms with Gasteiger partial charge < -0.3 is 0 Å². The summed E-state index contributed by atoms with van der Waals surface area (Å²) in [5, 5.41) is 0. The molecule has 0 aromatic heterocycles. The highest BCUT2D eigenvalue weighted by Crippen LogP contribution is 2.27. The van der Waals surface area contributed by atoms with Crippen LogP contribution in [0.3, 0.4) is 0 Å². The maximum absolute atomic E-state index is 11.0. The van der Waals surface area contributed by atoms with E-state index in [0.717, 1.165) is 19.3 Å². The van der Waals surface area contributed by atoms with Gasteiger partial charge in [-0.1, -0.05) is 27.7 Å². The van der Waals surface area contributed by atoms with Crippen LogP contribution in [0, 0.1) is 11.8 Å². The van der Waals surface area contributed by atoms with Crippen molar-refractivity contribution in [2.75, 3.05) is 0 Å². The molecule has 66 valence electrons. The van der Waals surface area contributed by atoms with Crippen molar-refractivity contribution in [3.05, 3.63) is 0 Å². The lowest BCUT2D eigenvalue weighted by atomic mass is 9.94. The third-order valence-electron chi connectivity index (χ3n) is 2.16. The van der Waals surface area contributed by atoms with E-state index in [9.17, 15) is 4.79 Å². The largest absolute Gasteiger partial charge is 0.299 e. The Balaban J connectivity index is 0.000000461. The zero-order valence-corrected chi connectivity index (χ0v) is 8.18. The molecule has 1 rings (SSSR count). The van der Waals surface area contributed by atoms with Gasteiger partial charge in [-0.05, 0) is 18.8 Å². The van der Waals surface area contributed by atoms with Crippen LogP contribution in [0.25, 0.3) is 0 Å². The lowest BCUT2D eigenvalue weighted by molar-refractivity contribution is -0.121. The van der Waals surface area contributed by atoms with E-state index in [1.807, 2.05) is 13.8 Å². The zero-order chi connectivity index (χ0) is 8.85. The van der Waals surface area contributed by atoms with Crippen LogP contribution < -0.4 is 0 Å². The van der Waals surface area contributed by atoms with Gasteiger partial charge in [0, 0.05) is 12.3 Å². The SMILES string of the molecule is CC.CC(C)C1CCCC1=O. The van der Waals surface area contributed by atoms with E-state index in [-0.39, 0.29) is 0 Å². The van der Waals surface area contributed by atoms with Gasteiger partial charge in [0.15, 0.2) is 0 Å². The molecule has 0 spiro atoms. The van der Waals surface area contributed by atoms with Crippen molar-refractivity contribution >= 4 is 5.78 Å². The molecule has 11 heavy (non-hydrogen) atoms. The Labute approximate surface area is 70.2 Å². The molecule has 1 nitrogen and oxygen atoms in total. The number of hydrogen-bond donors (Lipinski definition) is 0. The van der Waals surface area contributed by atoms with Crippen LogP contribution in [0.2, 0.25) is 0 Å². The van der Waals surface area contributed by atoms with Gasteiger partial charge in [0.05, 0.1) is 0 Å². The molecule has 1 unspecified atom stereocenters. The molecule has 1 atom stereocenters. The van der Waals surface area contributed by atoms with Crippen LogP contribution >= 0.6 is 0 Å². The minimum absolute atomic E-state index is 0.394. The van der Waals surface area contributed by atoms with Gasteiger partial charge in [-0.15, -0.1) is 0 Å². The standard InChI is InChI=1S/C8H14O.C2H6/c1-6(2)7-4-3-5-8(7)9;1-2/h6-7H,3-5H2,1-2H3;1-2H3.